The van der Waals surface area contributed by atoms with Crippen LogP contribution in [0.25, 0.3) is 5.57 Å². The van der Waals surface area contributed by atoms with Crippen molar-refractivity contribution in [1.29, 1.82) is 0 Å². The van der Waals surface area contributed by atoms with Gasteiger partial charge in [0.2, 0.25) is 0 Å². The summed E-state index contributed by atoms with van der Waals surface area (Å²) in [4.78, 5) is 0. The highest BCUT2D eigenvalue weighted by Crippen LogP contribution is 2.24. The van der Waals surface area contributed by atoms with Crippen molar-refractivity contribution in [3.05, 3.63) is 42.0 Å². The molecule has 0 aromatic heterocycles. The van der Waals surface area contributed by atoms with Gasteiger partial charge in [-0.25, -0.2) is 0 Å². The first kappa shape index (κ1) is 22.0. The zero-order valence-electron chi connectivity index (χ0n) is 16.6. The second-order valence-electron chi connectivity index (χ2n) is 6.95. The van der Waals surface area contributed by atoms with E-state index < -0.39 is 0 Å². The average Bonchev–Trinajstić information content (AvgIpc) is 2.55. The van der Waals surface area contributed by atoms with Gasteiger partial charge >= 0.3 is 0 Å². The van der Waals surface area contributed by atoms with Crippen LogP contribution in [0.1, 0.15) is 104 Å². The smallest absolute Gasteiger partial charge is 0.0190 e. The van der Waals surface area contributed by atoms with E-state index in [0.29, 0.717) is 5.92 Å². The summed E-state index contributed by atoms with van der Waals surface area (Å²) in [6, 6.07) is 8.84. The first-order valence-corrected chi connectivity index (χ1v) is 9.78. The third-order valence-electron chi connectivity index (χ3n) is 4.58. The summed E-state index contributed by atoms with van der Waals surface area (Å²) in [6.45, 7) is 17.6. The Hall–Kier alpha value is -1.04. The second-order valence-corrected chi connectivity index (χ2v) is 6.95. The maximum Gasteiger partial charge on any atom is -0.0190 e. The molecule has 1 aromatic carbocycles. The maximum atomic E-state index is 4.09. The highest BCUT2D eigenvalue weighted by molar-refractivity contribution is 5.63. The fourth-order valence-electron chi connectivity index (χ4n) is 3.00. The van der Waals surface area contributed by atoms with E-state index in [2.05, 4.69) is 72.4 Å². The van der Waals surface area contributed by atoms with Crippen LogP contribution in [0.4, 0.5) is 0 Å². The molecule has 23 heavy (non-hydrogen) atoms. The number of hydrogen-bond donors (Lipinski definition) is 0. The van der Waals surface area contributed by atoms with E-state index in [1.807, 2.05) is 0 Å². The van der Waals surface area contributed by atoms with Crippen molar-refractivity contribution < 1.29 is 0 Å². The van der Waals surface area contributed by atoms with Crippen LogP contribution in [-0.2, 0) is 0 Å². The minimum absolute atomic E-state index is 0.666. The standard InChI is InChI=1S/C15H22.C8H18/c1-5-8-13(4)15-10-7-9-14(11-15)12(3)6-2;1-4-6-8(3)7-5-2/h7,9-11,13H,3,5-6,8H2,1-2,4H3;8H,4-7H2,1-3H3/t13-;/m1./s1. The molecule has 0 aliphatic rings. The highest BCUT2D eigenvalue weighted by Gasteiger charge is 2.05. The molecule has 0 heteroatoms. The van der Waals surface area contributed by atoms with Crippen LogP contribution in [-0.4, -0.2) is 0 Å². The van der Waals surface area contributed by atoms with Gasteiger partial charge in [-0.05, 0) is 41.4 Å². The van der Waals surface area contributed by atoms with Crippen LogP contribution in [0.5, 0.6) is 0 Å². The lowest BCUT2D eigenvalue weighted by Gasteiger charge is -2.12. The molecule has 132 valence electrons. The van der Waals surface area contributed by atoms with Gasteiger partial charge in [0.1, 0.15) is 0 Å². The molecule has 0 unspecified atom stereocenters. The van der Waals surface area contributed by atoms with E-state index >= 15 is 0 Å². The predicted octanol–water partition coefficient (Wildman–Crippen LogP) is 8.24. The summed E-state index contributed by atoms with van der Waals surface area (Å²) in [7, 11) is 0. The fraction of sp³-hybridized carbons (Fsp3) is 0.652. The Morgan fingerprint density at radius 1 is 0.913 bits per heavy atom. The molecule has 0 saturated heterocycles. The maximum absolute atomic E-state index is 4.09. The van der Waals surface area contributed by atoms with Crippen molar-refractivity contribution in [2.75, 3.05) is 0 Å². The van der Waals surface area contributed by atoms with E-state index in [1.54, 1.807) is 0 Å². The quantitative estimate of drug-likeness (QED) is 0.430. The van der Waals surface area contributed by atoms with Gasteiger partial charge in [-0.3, -0.25) is 0 Å². The number of allylic oxidation sites excluding steroid dienone is 1. The molecule has 0 aliphatic heterocycles. The number of benzene rings is 1. The molecule has 1 rings (SSSR count). The van der Waals surface area contributed by atoms with Gasteiger partial charge in [0, 0.05) is 0 Å². The van der Waals surface area contributed by atoms with Crippen LogP contribution in [0.15, 0.2) is 30.8 Å². The lowest BCUT2D eigenvalue weighted by molar-refractivity contribution is 0.480. The van der Waals surface area contributed by atoms with E-state index in [4.69, 9.17) is 0 Å². The van der Waals surface area contributed by atoms with E-state index in [0.717, 1.165) is 12.3 Å². The fourth-order valence-corrected chi connectivity index (χ4v) is 3.00. The van der Waals surface area contributed by atoms with Crippen LogP contribution in [0.2, 0.25) is 0 Å². The van der Waals surface area contributed by atoms with Gasteiger partial charge in [0.25, 0.3) is 0 Å². The summed E-state index contributed by atoms with van der Waals surface area (Å²) >= 11 is 0. The van der Waals surface area contributed by atoms with Crippen LogP contribution in [0.3, 0.4) is 0 Å². The monoisotopic (exact) mass is 316 g/mol. The van der Waals surface area contributed by atoms with Gasteiger partial charge in [0.15, 0.2) is 0 Å². The Labute approximate surface area is 146 Å². The molecule has 0 fully saturated rings. The lowest BCUT2D eigenvalue weighted by atomic mass is 9.93. The summed E-state index contributed by atoms with van der Waals surface area (Å²) in [6.07, 6.45) is 9.07. The Bertz CT molecular complexity index is 410. The Morgan fingerprint density at radius 2 is 1.48 bits per heavy atom. The molecule has 0 saturated carbocycles. The minimum Gasteiger partial charge on any atom is -0.0952 e. The average molecular weight is 317 g/mol. The Balaban J connectivity index is 0.000000515. The molecular formula is C23H40. The summed E-state index contributed by atoms with van der Waals surface area (Å²) in [5.74, 6) is 1.63. The van der Waals surface area contributed by atoms with Gasteiger partial charge in [-0.1, -0.05) is 104 Å². The molecule has 0 radical (unpaired) electrons. The van der Waals surface area contributed by atoms with Crippen molar-refractivity contribution in [2.45, 2.75) is 92.4 Å². The van der Waals surface area contributed by atoms with Gasteiger partial charge in [0.05, 0.1) is 0 Å². The molecule has 0 N–H and O–H groups in total. The van der Waals surface area contributed by atoms with Crippen LogP contribution < -0.4 is 0 Å². The zero-order valence-corrected chi connectivity index (χ0v) is 16.6. The van der Waals surface area contributed by atoms with Crippen molar-refractivity contribution in [2.24, 2.45) is 5.92 Å². The molecule has 0 aliphatic carbocycles. The summed E-state index contributed by atoms with van der Waals surface area (Å²) < 4.78 is 0. The third-order valence-corrected chi connectivity index (χ3v) is 4.58. The van der Waals surface area contributed by atoms with Crippen LogP contribution in [0, 0.1) is 5.92 Å². The highest BCUT2D eigenvalue weighted by atomic mass is 14.1. The third kappa shape index (κ3) is 9.64. The van der Waals surface area contributed by atoms with Gasteiger partial charge < -0.3 is 0 Å². The van der Waals surface area contributed by atoms with Crippen molar-refractivity contribution in [3.63, 3.8) is 0 Å². The molecule has 0 bridgehead atoms. The second kappa shape index (κ2) is 13.4. The molecule has 1 atom stereocenters. The normalized spacial score (nSPS) is 11.8. The van der Waals surface area contributed by atoms with E-state index in [-0.39, 0.29) is 0 Å². The topological polar surface area (TPSA) is 0 Å². The SMILES string of the molecule is C=C(CC)c1cccc([C@H](C)CCC)c1.CCCC(C)CCC. The van der Waals surface area contributed by atoms with E-state index in [9.17, 15) is 0 Å². The molecule has 0 amide bonds. The molecule has 0 nitrogen and oxygen atoms in total. The van der Waals surface area contributed by atoms with Crippen molar-refractivity contribution in [3.8, 4) is 0 Å². The van der Waals surface area contributed by atoms with Crippen molar-refractivity contribution >= 4 is 5.57 Å². The molecular weight excluding hydrogens is 276 g/mol. The predicted molar refractivity (Wildman–Crippen MR) is 108 cm³/mol. The number of hydrogen-bond acceptors (Lipinski definition) is 0. The van der Waals surface area contributed by atoms with Gasteiger partial charge in [-0.15, -0.1) is 0 Å². The Morgan fingerprint density at radius 3 is 1.96 bits per heavy atom. The van der Waals surface area contributed by atoms with Crippen molar-refractivity contribution in [1.82, 2.24) is 0 Å². The van der Waals surface area contributed by atoms with E-state index in [1.165, 1.54) is 55.2 Å². The summed E-state index contributed by atoms with van der Waals surface area (Å²) in [5, 5.41) is 0. The molecule has 0 heterocycles. The number of rotatable bonds is 9. The van der Waals surface area contributed by atoms with Crippen LogP contribution >= 0.6 is 0 Å². The summed E-state index contributed by atoms with van der Waals surface area (Å²) in [5.41, 5.74) is 3.99. The zero-order chi connectivity index (χ0) is 17.7. The molecule has 0 spiro atoms. The first-order chi connectivity index (χ1) is 11.0. The first-order valence-electron chi connectivity index (χ1n) is 9.78. The lowest BCUT2D eigenvalue weighted by Crippen LogP contribution is -1.94. The van der Waals surface area contributed by atoms with Gasteiger partial charge in [-0.2, -0.15) is 0 Å². The molecule has 1 aromatic rings. The largest absolute Gasteiger partial charge is 0.0952 e. The Kier molecular flexibility index (Phi) is 12.8. The minimum atomic E-state index is 0.666.